The van der Waals surface area contributed by atoms with E-state index in [0.717, 1.165) is 44.6 Å². The molecule has 1 saturated carbocycles. The molecule has 1 atom stereocenters. The fourth-order valence-electron chi connectivity index (χ4n) is 4.62. The van der Waals surface area contributed by atoms with Crippen molar-refractivity contribution >= 4 is 56.5 Å². The first-order valence-electron chi connectivity index (χ1n) is 12.8. The number of rotatable bonds is 7. The molecule has 1 aromatic carbocycles. The number of aromatic nitrogens is 2. The number of pyridine rings is 2. The van der Waals surface area contributed by atoms with E-state index in [1.165, 1.54) is 6.07 Å². The Morgan fingerprint density at radius 2 is 2.05 bits per heavy atom. The molecule has 0 unspecified atom stereocenters. The molecule has 0 spiro atoms. The van der Waals surface area contributed by atoms with Gasteiger partial charge in [-0.05, 0) is 72.9 Å². The minimum absolute atomic E-state index is 0.0354. The molecule has 39 heavy (non-hydrogen) atoms. The Bertz CT molecular complexity index is 1520. The second-order valence-corrected chi connectivity index (χ2v) is 13.0. The largest absolute Gasteiger partial charge is 0.383 e. The molecule has 1 fully saturated rings. The molecule has 1 aliphatic heterocycles. The van der Waals surface area contributed by atoms with E-state index in [9.17, 15) is 4.39 Å². The van der Waals surface area contributed by atoms with Crippen molar-refractivity contribution in [1.29, 1.82) is 0 Å². The minimum atomic E-state index is -0.514. The molecular weight excluding hydrogens is 628 g/mol. The van der Waals surface area contributed by atoms with Crippen LogP contribution in [0.1, 0.15) is 63.4 Å². The minimum Gasteiger partial charge on any atom is -0.383 e. The van der Waals surface area contributed by atoms with Crippen LogP contribution in [0.25, 0.3) is 10.9 Å². The number of hydrazine groups is 2. The zero-order chi connectivity index (χ0) is 28.1. The summed E-state index contributed by atoms with van der Waals surface area (Å²) in [5.41, 5.74) is 12.1. The second-order valence-electron chi connectivity index (χ2n) is 11.6. The fraction of sp³-hybridized carbons (Fsp3) is 0.379. The van der Waals surface area contributed by atoms with E-state index >= 15 is 0 Å². The third kappa shape index (κ3) is 5.60. The monoisotopic (exact) mass is 659 g/mol. The van der Waals surface area contributed by atoms with Gasteiger partial charge in [-0.3, -0.25) is 9.99 Å². The topological polar surface area (TPSA) is 77.1 Å². The molecule has 5 rings (SSSR count). The molecule has 0 saturated heterocycles. The number of nitrogens with one attached hydrogen (secondary N) is 4. The molecule has 0 bridgehead atoms. The number of aryl methyl sites for hydroxylation is 1. The molecule has 2 aliphatic rings. The van der Waals surface area contributed by atoms with Gasteiger partial charge >= 0.3 is 0 Å². The van der Waals surface area contributed by atoms with Gasteiger partial charge in [0.25, 0.3) is 0 Å². The van der Waals surface area contributed by atoms with Crippen LogP contribution in [0.3, 0.4) is 0 Å². The van der Waals surface area contributed by atoms with Crippen LogP contribution in [-0.2, 0) is 0 Å². The van der Waals surface area contributed by atoms with E-state index in [1.54, 1.807) is 12.3 Å². The fourth-order valence-corrected chi connectivity index (χ4v) is 6.04. The SMILES string of the molecule is C#Cc1cnc2c(Cl)cc(N[C@H](C3=C(I)N(C4(C)CC4)NN3)c3ccc(F)nc3C)cc2c1NCC(C)(C)C. The van der Waals surface area contributed by atoms with Crippen molar-refractivity contribution in [2.45, 2.75) is 59.0 Å². The predicted molar refractivity (Wildman–Crippen MR) is 165 cm³/mol. The second kappa shape index (κ2) is 10.3. The van der Waals surface area contributed by atoms with Gasteiger partial charge in [0.05, 0.1) is 39.1 Å². The quantitative estimate of drug-likeness (QED) is 0.0962. The summed E-state index contributed by atoms with van der Waals surface area (Å²) < 4.78 is 15.0. The third-order valence-corrected chi connectivity index (χ3v) is 8.47. The first-order valence-corrected chi connectivity index (χ1v) is 14.3. The smallest absolute Gasteiger partial charge is 0.213 e. The van der Waals surface area contributed by atoms with E-state index < -0.39 is 5.95 Å². The first-order chi connectivity index (χ1) is 18.4. The van der Waals surface area contributed by atoms with Crippen LogP contribution in [-0.4, -0.2) is 27.1 Å². The maximum atomic E-state index is 14.0. The lowest BCUT2D eigenvalue weighted by Gasteiger charge is -2.25. The molecule has 3 aromatic rings. The van der Waals surface area contributed by atoms with Gasteiger partial charge in [0, 0.05) is 35.1 Å². The molecule has 1 aliphatic carbocycles. The highest BCUT2D eigenvalue weighted by Crippen LogP contribution is 2.46. The van der Waals surface area contributed by atoms with Crippen molar-refractivity contribution in [2.24, 2.45) is 5.41 Å². The van der Waals surface area contributed by atoms with Crippen molar-refractivity contribution in [2.75, 3.05) is 17.2 Å². The molecule has 3 heterocycles. The Balaban J connectivity index is 1.61. The van der Waals surface area contributed by atoms with Gasteiger partial charge in [0.2, 0.25) is 5.95 Å². The number of hydrogen-bond acceptors (Lipinski definition) is 7. The summed E-state index contributed by atoms with van der Waals surface area (Å²) in [6, 6.07) is 6.65. The van der Waals surface area contributed by atoms with Crippen LogP contribution < -0.4 is 21.6 Å². The number of benzene rings is 1. The van der Waals surface area contributed by atoms with Crippen molar-refractivity contribution in [3.05, 3.63) is 67.7 Å². The molecule has 4 N–H and O–H groups in total. The molecular formula is C29H32ClFIN7. The summed E-state index contributed by atoms with van der Waals surface area (Å²) >= 11 is 9.14. The van der Waals surface area contributed by atoms with E-state index in [0.29, 0.717) is 28.3 Å². The average Bonchev–Trinajstić information content (AvgIpc) is 3.49. The van der Waals surface area contributed by atoms with Gasteiger partial charge in [-0.15, -0.1) is 12.0 Å². The summed E-state index contributed by atoms with van der Waals surface area (Å²) in [5.74, 6) is 2.24. The van der Waals surface area contributed by atoms with E-state index in [-0.39, 0.29) is 17.0 Å². The van der Waals surface area contributed by atoms with Crippen LogP contribution in [0.15, 0.2) is 39.9 Å². The standard InChI is InChI=1S/C29H32ClFIN7/c1-7-17-14-33-24-20(23(17)34-15-28(3,4)5)12-18(13-21(24)30)36-25(19-8-9-22(31)35-16(19)2)26-27(32)39(38-37-26)29(6)10-11-29/h1,8-9,12-14,25,36-38H,10-11,15H2,2-6H3,(H,33,34)/t25-/m0/s1. The normalized spacial score (nSPS) is 17.2. The number of fused-ring (bicyclic) bond motifs is 1. The summed E-state index contributed by atoms with van der Waals surface area (Å²) in [6.45, 7) is 11.2. The number of hydrogen-bond donors (Lipinski definition) is 4. The number of anilines is 2. The zero-order valence-electron chi connectivity index (χ0n) is 22.6. The zero-order valence-corrected chi connectivity index (χ0v) is 25.6. The Labute approximate surface area is 247 Å². The van der Waals surface area contributed by atoms with Gasteiger partial charge in [-0.25, -0.2) is 4.98 Å². The predicted octanol–water partition coefficient (Wildman–Crippen LogP) is 6.80. The highest BCUT2D eigenvalue weighted by atomic mass is 127. The van der Waals surface area contributed by atoms with Crippen LogP contribution in [0, 0.1) is 30.6 Å². The highest BCUT2D eigenvalue weighted by Gasteiger charge is 2.47. The van der Waals surface area contributed by atoms with Crippen LogP contribution in [0.5, 0.6) is 0 Å². The molecule has 7 nitrogen and oxygen atoms in total. The molecule has 0 amide bonds. The van der Waals surface area contributed by atoms with E-state index in [1.807, 2.05) is 19.1 Å². The van der Waals surface area contributed by atoms with Gasteiger partial charge in [0.15, 0.2) is 0 Å². The van der Waals surface area contributed by atoms with Gasteiger partial charge in [0.1, 0.15) is 3.70 Å². The summed E-state index contributed by atoms with van der Waals surface area (Å²) in [5, 5.41) is 10.7. The summed E-state index contributed by atoms with van der Waals surface area (Å²) in [6.07, 6.45) is 9.73. The van der Waals surface area contributed by atoms with E-state index in [4.69, 9.17) is 18.0 Å². The van der Waals surface area contributed by atoms with Gasteiger partial charge in [-0.2, -0.15) is 4.39 Å². The van der Waals surface area contributed by atoms with Crippen LogP contribution >= 0.6 is 34.2 Å². The number of terminal acetylenes is 1. The maximum Gasteiger partial charge on any atom is 0.213 e. The third-order valence-electron chi connectivity index (χ3n) is 7.11. The van der Waals surface area contributed by atoms with Crippen molar-refractivity contribution < 1.29 is 4.39 Å². The average molecular weight is 660 g/mol. The Morgan fingerprint density at radius 3 is 2.69 bits per heavy atom. The lowest BCUT2D eigenvalue weighted by atomic mass is 9.96. The highest BCUT2D eigenvalue weighted by molar-refractivity contribution is 14.1. The summed E-state index contributed by atoms with van der Waals surface area (Å²) in [7, 11) is 0. The van der Waals surface area contributed by atoms with Crippen LogP contribution in [0.2, 0.25) is 5.02 Å². The molecule has 10 heteroatoms. The Morgan fingerprint density at radius 1 is 1.31 bits per heavy atom. The molecule has 0 radical (unpaired) electrons. The Kier molecular flexibility index (Phi) is 7.33. The van der Waals surface area contributed by atoms with E-state index in [2.05, 4.69) is 92.8 Å². The van der Waals surface area contributed by atoms with Crippen molar-refractivity contribution in [1.82, 2.24) is 25.9 Å². The molecule has 204 valence electrons. The van der Waals surface area contributed by atoms with Gasteiger partial charge in [-0.1, -0.05) is 44.4 Å². The lowest BCUT2D eigenvalue weighted by Crippen LogP contribution is -2.44. The first kappa shape index (κ1) is 27.7. The van der Waals surface area contributed by atoms with Crippen molar-refractivity contribution in [3.63, 3.8) is 0 Å². The van der Waals surface area contributed by atoms with Crippen molar-refractivity contribution in [3.8, 4) is 12.3 Å². The summed E-state index contributed by atoms with van der Waals surface area (Å²) in [4.78, 5) is 8.66. The number of nitrogens with zero attached hydrogens (tertiary/aromatic N) is 3. The van der Waals surface area contributed by atoms with Gasteiger partial charge < -0.3 is 16.1 Å². The maximum absolute atomic E-state index is 14.0. The number of halogens is 3. The Hall–Kier alpha value is -2.81. The lowest BCUT2D eigenvalue weighted by molar-refractivity contribution is 0.188. The van der Waals surface area contributed by atoms with Crippen LogP contribution in [0.4, 0.5) is 15.8 Å². The molecule has 2 aromatic heterocycles.